The Kier molecular flexibility index (Phi) is 4.58. The zero-order valence-corrected chi connectivity index (χ0v) is 14.9. The monoisotopic (exact) mass is 339 g/mol. The van der Waals surface area contributed by atoms with E-state index in [9.17, 15) is 4.79 Å². The van der Waals surface area contributed by atoms with Crippen LogP contribution >= 0.6 is 0 Å². The van der Waals surface area contributed by atoms with Crippen molar-refractivity contribution in [2.75, 3.05) is 5.32 Å². The first-order valence-corrected chi connectivity index (χ1v) is 8.26. The van der Waals surface area contributed by atoms with E-state index in [-0.39, 0.29) is 0 Å². The van der Waals surface area contributed by atoms with Crippen molar-refractivity contribution in [1.82, 2.24) is 0 Å². The third-order valence-corrected chi connectivity index (χ3v) is 4.61. The van der Waals surface area contributed by atoms with Gasteiger partial charge in [0.25, 0.3) is 0 Å². The molecule has 1 N–H and O–H groups in total. The first-order chi connectivity index (χ1) is 11.8. The van der Waals surface area contributed by atoms with E-state index >= 15 is 0 Å². The molecule has 0 bridgehead atoms. The second-order valence-corrected chi connectivity index (χ2v) is 7.04. The van der Waals surface area contributed by atoms with Gasteiger partial charge in [0, 0.05) is 5.69 Å². The molecule has 0 spiro atoms. The van der Waals surface area contributed by atoms with Gasteiger partial charge in [-0.2, -0.15) is 0 Å². The lowest BCUT2D eigenvalue weighted by atomic mass is 9.79. The highest BCUT2D eigenvalue weighted by Gasteiger charge is 2.51. The molecule has 1 heterocycles. The van der Waals surface area contributed by atoms with E-state index in [0.717, 1.165) is 5.46 Å². The highest BCUT2D eigenvalue weighted by Crippen LogP contribution is 2.36. The van der Waals surface area contributed by atoms with Crippen LogP contribution in [0.3, 0.4) is 0 Å². The lowest BCUT2D eigenvalue weighted by molar-refractivity contribution is 0.00578. The van der Waals surface area contributed by atoms with Crippen molar-refractivity contribution in [3.05, 3.63) is 54.6 Å². The van der Waals surface area contributed by atoms with Crippen LogP contribution in [0.25, 0.3) is 0 Å². The molecule has 0 aliphatic carbocycles. The minimum Gasteiger partial charge on any atom is -0.410 e. The molecule has 3 rings (SSSR count). The average molecular weight is 339 g/mol. The highest BCUT2D eigenvalue weighted by atomic mass is 16.7. The van der Waals surface area contributed by atoms with E-state index in [1.165, 1.54) is 0 Å². The Morgan fingerprint density at radius 2 is 1.60 bits per heavy atom. The van der Waals surface area contributed by atoms with Crippen molar-refractivity contribution in [3.8, 4) is 5.75 Å². The molecule has 0 aromatic heterocycles. The molecule has 2 aromatic rings. The summed E-state index contributed by atoms with van der Waals surface area (Å²) in [5, 5.41) is 2.72. The fraction of sp³-hybridized carbons (Fsp3) is 0.316. The second-order valence-electron chi connectivity index (χ2n) is 7.04. The number of hydrogen-bond acceptors (Lipinski definition) is 4. The standard InChI is InChI=1S/C19H22BNO4/c1-18(2)19(3,4)25-20(24-18)14-9-8-10-15(13-14)21-17(22)23-16-11-6-5-7-12-16/h5-13H,1-4H3,(H,21,22). The Bertz CT molecular complexity index is 745. The number of amides is 1. The normalized spacial score (nSPS) is 18.0. The Hall–Kier alpha value is -2.31. The number of anilines is 1. The third kappa shape index (κ3) is 3.86. The van der Waals surface area contributed by atoms with Gasteiger partial charge in [-0.15, -0.1) is 0 Å². The Labute approximate surface area is 148 Å². The van der Waals surface area contributed by atoms with E-state index in [0.29, 0.717) is 11.4 Å². The fourth-order valence-electron chi connectivity index (χ4n) is 2.48. The van der Waals surface area contributed by atoms with Crippen molar-refractivity contribution in [3.63, 3.8) is 0 Å². The molecule has 1 amide bonds. The first kappa shape index (κ1) is 17.5. The van der Waals surface area contributed by atoms with Crippen molar-refractivity contribution in [1.29, 1.82) is 0 Å². The van der Waals surface area contributed by atoms with Crippen LogP contribution in [0.15, 0.2) is 54.6 Å². The summed E-state index contributed by atoms with van der Waals surface area (Å²) in [6.07, 6.45) is -0.544. The quantitative estimate of drug-likeness (QED) is 0.868. The topological polar surface area (TPSA) is 56.8 Å². The largest absolute Gasteiger partial charge is 0.494 e. The summed E-state index contributed by atoms with van der Waals surface area (Å²) >= 11 is 0. The zero-order chi connectivity index (χ0) is 18.1. The highest BCUT2D eigenvalue weighted by molar-refractivity contribution is 6.62. The summed E-state index contributed by atoms with van der Waals surface area (Å²) in [6.45, 7) is 8.03. The molecule has 0 atom stereocenters. The maximum absolute atomic E-state index is 12.0. The SMILES string of the molecule is CC1(C)OB(c2cccc(NC(=O)Oc3ccccc3)c2)OC1(C)C. The maximum Gasteiger partial charge on any atom is 0.494 e. The Balaban J connectivity index is 1.69. The molecule has 2 aromatic carbocycles. The lowest BCUT2D eigenvalue weighted by Gasteiger charge is -2.32. The molecule has 130 valence electrons. The van der Waals surface area contributed by atoms with Gasteiger partial charge >= 0.3 is 13.2 Å². The minimum absolute atomic E-state index is 0.409. The van der Waals surface area contributed by atoms with Gasteiger partial charge in [0.2, 0.25) is 0 Å². The maximum atomic E-state index is 12.0. The third-order valence-electron chi connectivity index (χ3n) is 4.61. The van der Waals surface area contributed by atoms with Gasteiger partial charge in [0.15, 0.2) is 0 Å². The van der Waals surface area contributed by atoms with E-state index in [4.69, 9.17) is 14.0 Å². The van der Waals surface area contributed by atoms with Gasteiger partial charge < -0.3 is 14.0 Å². The predicted octanol–water partition coefficient (Wildman–Crippen LogP) is 3.60. The summed E-state index contributed by atoms with van der Waals surface area (Å²) in [5.74, 6) is 0.488. The number of carbonyl (C=O) groups is 1. The van der Waals surface area contributed by atoms with E-state index in [1.807, 2.05) is 64.1 Å². The summed E-state index contributed by atoms with van der Waals surface area (Å²) in [4.78, 5) is 12.0. The molecule has 0 saturated carbocycles. The number of rotatable bonds is 3. The van der Waals surface area contributed by atoms with Crippen LogP contribution in [0.5, 0.6) is 5.75 Å². The number of benzene rings is 2. The van der Waals surface area contributed by atoms with Gasteiger partial charge in [-0.05, 0) is 57.4 Å². The molecule has 0 radical (unpaired) electrons. The van der Waals surface area contributed by atoms with Crippen molar-refractivity contribution >= 4 is 24.4 Å². The van der Waals surface area contributed by atoms with E-state index < -0.39 is 24.4 Å². The van der Waals surface area contributed by atoms with Gasteiger partial charge in [-0.3, -0.25) is 5.32 Å². The van der Waals surface area contributed by atoms with Crippen molar-refractivity contribution < 1.29 is 18.8 Å². The minimum atomic E-state index is -0.544. The smallest absolute Gasteiger partial charge is 0.410 e. The number of carbonyl (C=O) groups excluding carboxylic acids is 1. The number of nitrogens with one attached hydrogen (secondary N) is 1. The second kappa shape index (κ2) is 6.54. The number of hydrogen-bond donors (Lipinski definition) is 1. The average Bonchev–Trinajstić information content (AvgIpc) is 2.76. The summed E-state index contributed by atoms with van der Waals surface area (Å²) in [5.41, 5.74) is 0.644. The molecule has 0 unspecified atom stereocenters. The number of ether oxygens (including phenoxy) is 1. The molecular formula is C19H22BNO4. The van der Waals surface area contributed by atoms with Crippen LogP contribution in [0.2, 0.25) is 0 Å². The summed E-state index contributed by atoms with van der Waals surface area (Å²) in [6, 6.07) is 16.3. The fourth-order valence-corrected chi connectivity index (χ4v) is 2.48. The van der Waals surface area contributed by atoms with Crippen LogP contribution in [0.1, 0.15) is 27.7 Å². The molecule has 1 aliphatic heterocycles. The molecule has 25 heavy (non-hydrogen) atoms. The van der Waals surface area contributed by atoms with E-state index in [2.05, 4.69) is 5.32 Å². The van der Waals surface area contributed by atoms with Crippen LogP contribution in [-0.2, 0) is 9.31 Å². The van der Waals surface area contributed by atoms with Gasteiger partial charge in [0.05, 0.1) is 11.2 Å². The molecular weight excluding hydrogens is 317 g/mol. The first-order valence-electron chi connectivity index (χ1n) is 8.26. The molecule has 6 heteroatoms. The molecule has 1 aliphatic rings. The molecule has 1 saturated heterocycles. The van der Waals surface area contributed by atoms with Crippen LogP contribution in [-0.4, -0.2) is 24.4 Å². The Morgan fingerprint density at radius 1 is 0.960 bits per heavy atom. The number of para-hydroxylation sites is 1. The molecule has 5 nitrogen and oxygen atoms in total. The van der Waals surface area contributed by atoms with Crippen LogP contribution in [0, 0.1) is 0 Å². The van der Waals surface area contributed by atoms with Gasteiger partial charge in [-0.1, -0.05) is 30.3 Å². The van der Waals surface area contributed by atoms with Crippen LogP contribution in [0.4, 0.5) is 10.5 Å². The Morgan fingerprint density at radius 3 is 2.24 bits per heavy atom. The molecule has 1 fully saturated rings. The van der Waals surface area contributed by atoms with Crippen molar-refractivity contribution in [2.24, 2.45) is 0 Å². The van der Waals surface area contributed by atoms with E-state index in [1.54, 1.807) is 18.2 Å². The summed E-state index contributed by atoms with van der Waals surface area (Å²) < 4.78 is 17.3. The predicted molar refractivity (Wildman–Crippen MR) is 98.2 cm³/mol. The van der Waals surface area contributed by atoms with Crippen LogP contribution < -0.4 is 15.5 Å². The van der Waals surface area contributed by atoms with Gasteiger partial charge in [0.1, 0.15) is 5.75 Å². The lowest BCUT2D eigenvalue weighted by Crippen LogP contribution is -2.41. The zero-order valence-electron chi connectivity index (χ0n) is 14.9. The summed E-state index contributed by atoms with van der Waals surface area (Å²) in [7, 11) is -0.475. The van der Waals surface area contributed by atoms with Crippen molar-refractivity contribution in [2.45, 2.75) is 38.9 Å². The van der Waals surface area contributed by atoms with Gasteiger partial charge in [-0.25, -0.2) is 4.79 Å².